The van der Waals surface area contributed by atoms with Crippen LogP contribution in [0.25, 0.3) is 0 Å². The highest BCUT2D eigenvalue weighted by Gasteiger charge is 2.25. The Morgan fingerprint density at radius 2 is 2.18 bits per heavy atom. The van der Waals surface area contributed by atoms with Crippen molar-refractivity contribution in [2.75, 3.05) is 13.7 Å². The predicted molar refractivity (Wildman–Crippen MR) is 59.3 cm³/mol. The Kier molecular flexibility index (Phi) is 4.45. The number of hydrogen-bond donors (Lipinski definition) is 1. The maximum Gasteiger partial charge on any atom is 0.339 e. The number of methoxy groups -OCH3 is 1. The summed E-state index contributed by atoms with van der Waals surface area (Å²) in [5.74, 6) is -1.08. The van der Waals surface area contributed by atoms with Crippen LogP contribution in [0.4, 0.5) is 4.39 Å². The summed E-state index contributed by atoms with van der Waals surface area (Å²) in [6.45, 7) is 3.24. The van der Waals surface area contributed by atoms with E-state index in [1.165, 1.54) is 26.2 Å². The standard InChI is InChI=1S/C12H15FO4/c1-4-17-12(15)11(14)10-7(2)8(13)5-6-9(10)16-3/h5-6,11,14H,4H2,1-3H3. The van der Waals surface area contributed by atoms with Crippen molar-refractivity contribution in [2.24, 2.45) is 0 Å². The molecule has 0 saturated carbocycles. The molecule has 17 heavy (non-hydrogen) atoms. The minimum absolute atomic E-state index is 0.103. The monoisotopic (exact) mass is 242 g/mol. The van der Waals surface area contributed by atoms with Gasteiger partial charge in [0.25, 0.3) is 0 Å². The third kappa shape index (κ3) is 2.74. The van der Waals surface area contributed by atoms with Gasteiger partial charge in [0.2, 0.25) is 0 Å². The lowest BCUT2D eigenvalue weighted by Crippen LogP contribution is -2.17. The summed E-state index contributed by atoms with van der Waals surface area (Å²) in [5, 5.41) is 9.82. The van der Waals surface area contributed by atoms with Crippen molar-refractivity contribution in [1.29, 1.82) is 0 Å². The van der Waals surface area contributed by atoms with Gasteiger partial charge in [-0.2, -0.15) is 0 Å². The van der Waals surface area contributed by atoms with Gasteiger partial charge in [0.1, 0.15) is 11.6 Å². The van der Waals surface area contributed by atoms with Crippen molar-refractivity contribution in [3.63, 3.8) is 0 Å². The van der Waals surface area contributed by atoms with Crippen LogP contribution in [-0.2, 0) is 9.53 Å². The van der Waals surface area contributed by atoms with Crippen molar-refractivity contribution >= 4 is 5.97 Å². The summed E-state index contributed by atoms with van der Waals surface area (Å²) in [5.41, 5.74) is 0.274. The summed E-state index contributed by atoms with van der Waals surface area (Å²) < 4.78 is 23.1. The highest BCUT2D eigenvalue weighted by Crippen LogP contribution is 2.30. The normalized spacial score (nSPS) is 12.1. The first kappa shape index (κ1) is 13.4. The van der Waals surface area contributed by atoms with E-state index < -0.39 is 17.9 Å². The molecule has 0 aliphatic heterocycles. The summed E-state index contributed by atoms with van der Waals surface area (Å²) in [4.78, 5) is 11.4. The third-order valence-corrected chi connectivity index (χ3v) is 2.41. The van der Waals surface area contributed by atoms with E-state index in [4.69, 9.17) is 4.74 Å². The second-order valence-corrected chi connectivity index (χ2v) is 3.44. The number of hydrogen-bond acceptors (Lipinski definition) is 4. The molecule has 0 radical (unpaired) electrons. The largest absolute Gasteiger partial charge is 0.496 e. The van der Waals surface area contributed by atoms with Crippen LogP contribution >= 0.6 is 0 Å². The van der Waals surface area contributed by atoms with Gasteiger partial charge in [0.05, 0.1) is 13.7 Å². The SMILES string of the molecule is CCOC(=O)C(O)c1c(OC)ccc(F)c1C. The molecular formula is C12H15FO4. The molecule has 1 aromatic rings. The molecule has 0 bridgehead atoms. The lowest BCUT2D eigenvalue weighted by molar-refractivity contribution is -0.153. The Hall–Kier alpha value is -1.62. The first-order valence-electron chi connectivity index (χ1n) is 5.20. The van der Waals surface area contributed by atoms with Crippen LogP contribution in [0.3, 0.4) is 0 Å². The summed E-state index contributed by atoms with van der Waals surface area (Å²) in [6.07, 6.45) is -1.54. The van der Waals surface area contributed by atoms with Crippen molar-refractivity contribution in [3.8, 4) is 5.75 Å². The van der Waals surface area contributed by atoms with E-state index in [0.29, 0.717) is 0 Å². The number of ether oxygens (including phenoxy) is 2. The van der Waals surface area contributed by atoms with Crippen LogP contribution in [0.5, 0.6) is 5.75 Å². The highest BCUT2D eigenvalue weighted by molar-refractivity contribution is 5.78. The fraction of sp³-hybridized carbons (Fsp3) is 0.417. The van der Waals surface area contributed by atoms with E-state index in [1.807, 2.05) is 0 Å². The molecule has 0 amide bonds. The molecule has 1 rings (SSSR count). The topological polar surface area (TPSA) is 55.8 Å². The minimum atomic E-state index is -1.54. The Morgan fingerprint density at radius 1 is 1.53 bits per heavy atom. The smallest absolute Gasteiger partial charge is 0.339 e. The molecule has 0 aliphatic rings. The van der Waals surface area contributed by atoms with Crippen LogP contribution in [0.15, 0.2) is 12.1 Å². The maximum atomic E-state index is 13.4. The van der Waals surface area contributed by atoms with Crippen LogP contribution in [0, 0.1) is 12.7 Å². The van der Waals surface area contributed by atoms with Gasteiger partial charge in [-0.05, 0) is 31.5 Å². The number of carbonyl (C=O) groups is 1. The van der Waals surface area contributed by atoms with Gasteiger partial charge in [-0.1, -0.05) is 0 Å². The fourth-order valence-electron chi connectivity index (χ4n) is 1.53. The minimum Gasteiger partial charge on any atom is -0.496 e. The van der Waals surface area contributed by atoms with E-state index in [1.54, 1.807) is 6.92 Å². The highest BCUT2D eigenvalue weighted by atomic mass is 19.1. The molecule has 5 heteroatoms. The summed E-state index contributed by atoms with van der Waals surface area (Å²) >= 11 is 0. The molecule has 4 nitrogen and oxygen atoms in total. The molecule has 0 aromatic heterocycles. The first-order chi connectivity index (χ1) is 8.02. The first-order valence-corrected chi connectivity index (χ1v) is 5.20. The molecule has 1 atom stereocenters. The number of carbonyl (C=O) groups excluding carboxylic acids is 1. The molecule has 0 heterocycles. The summed E-state index contributed by atoms with van der Waals surface area (Å²) in [6, 6.07) is 2.58. The third-order valence-electron chi connectivity index (χ3n) is 2.41. The van der Waals surface area contributed by atoms with E-state index in [0.717, 1.165) is 0 Å². The number of aliphatic hydroxyl groups is 1. The lowest BCUT2D eigenvalue weighted by atomic mass is 10.0. The molecule has 1 N–H and O–H groups in total. The Bertz CT molecular complexity index is 417. The molecule has 0 fully saturated rings. The number of benzene rings is 1. The van der Waals surface area contributed by atoms with E-state index in [-0.39, 0.29) is 23.5 Å². The average molecular weight is 242 g/mol. The van der Waals surface area contributed by atoms with E-state index in [9.17, 15) is 14.3 Å². The van der Waals surface area contributed by atoms with Crippen LogP contribution in [0.1, 0.15) is 24.2 Å². The zero-order valence-electron chi connectivity index (χ0n) is 9.99. The predicted octanol–water partition coefficient (Wildman–Crippen LogP) is 1.74. The number of halogens is 1. The molecule has 0 spiro atoms. The van der Waals surface area contributed by atoms with Crippen molar-refractivity contribution < 1.29 is 23.8 Å². The quantitative estimate of drug-likeness (QED) is 0.817. The van der Waals surface area contributed by atoms with Gasteiger partial charge < -0.3 is 14.6 Å². The van der Waals surface area contributed by atoms with Gasteiger partial charge in [-0.25, -0.2) is 9.18 Å². The van der Waals surface area contributed by atoms with Gasteiger partial charge in [-0.3, -0.25) is 0 Å². The number of rotatable bonds is 4. The number of aliphatic hydroxyl groups excluding tert-OH is 1. The molecular weight excluding hydrogens is 227 g/mol. The zero-order valence-corrected chi connectivity index (χ0v) is 9.99. The Balaban J connectivity index is 3.19. The van der Waals surface area contributed by atoms with Crippen LogP contribution in [-0.4, -0.2) is 24.8 Å². The fourth-order valence-corrected chi connectivity index (χ4v) is 1.53. The van der Waals surface area contributed by atoms with E-state index in [2.05, 4.69) is 4.74 Å². The van der Waals surface area contributed by atoms with Gasteiger partial charge in [0, 0.05) is 5.56 Å². The zero-order chi connectivity index (χ0) is 13.0. The van der Waals surface area contributed by atoms with Gasteiger partial charge in [0.15, 0.2) is 6.10 Å². The number of esters is 1. The average Bonchev–Trinajstić information content (AvgIpc) is 2.32. The summed E-state index contributed by atoms with van der Waals surface area (Å²) in [7, 11) is 1.38. The van der Waals surface area contributed by atoms with Crippen LogP contribution in [0.2, 0.25) is 0 Å². The van der Waals surface area contributed by atoms with Crippen LogP contribution < -0.4 is 4.74 Å². The Labute approximate surface area is 99.0 Å². The molecule has 0 saturated heterocycles. The molecule has 0 aliphatic carbocycles. The second kappa shape index (κ2) is 5.63. The van der Waals surface area contributed by atoms with Gasteiger partial charge in [-0.15, -0.1) is 0 Å². The second-order valence-electron chi connectivity index (χ2n) is 3.44. The Morgan fingerprint density at radius 3 is 2.71 bits per heavy atom. The maximum absolute atomic E-state index is 13.4. The molecule has 94 valence electrons. The van der Waals surface area contributed by atoms with Crippen molar-refractivity contribution in [1.82, 2.24) is 0 Å². The lowest BCUT2D eigenvalue weighted by Gasteiger charge is -2.16. The van der Waals surface area contributed by atoms with Gasteiger partial charge >= 0.3 is 5.97 Å². The van der Waals surface area contributed by atoms with E-state index >= 15 is 0 Å². The molecule has 1 aromatic carbocycles. The van der Waals surface area contributed by atoms with Crippen molar-refractivity contribution in [2.45, 2.75) is 20.0 Å². The van der Waals surface area contributed by atoms with Crippen molar-refractivity contribution in [3.05, 3.63) is 29.1 Å². The molecule has 1 unspecified atom stereocenters.